The molecule has 0 aromatic carbocycles. The SMILES string of the molecule is O=C(NCC1CCCCC1CBr)c1cnn2ccccc12. The maximum absolute atomic E-state index is 12.4. The molecule has 21 heavy (non-hydrogen) atoms. The lowest BCUT2D eigenvalue weighted by molar-refractivity contribution is 0.0938. The minimum atomic E-state index is -0.0184. The molecule has 2 aromatic heterocycles. The molecule has 1 aliphatic carbocycles. The van der Waals surface area contributed by atoms with Crippen LogP contribution in [-0.2, 0) is 0 Å². The van der Waals surface area contributed by atoms with E-state index < -0.39 is 0 Å². The summed E-state index contributed by atoms with van der Waals surface area (Å²) in [6.45, 7) is 0.763. The molecule has 2 aromatic rings. The molecule has 2 unspecified atom stereocenters. The van der Waals surface area contributed by atoms with Crippen LogP contribution in [0.5, 0.6) is 0 Å². The van der Waals surface area contributed by atoms with Crippen LogP contribution in [-0.4, -0.2) is 27.4 Å². The van der Waals surface area contributed by atoms with Crippen molar-refractivity contribution in [2.24, 2.45) is 11.8 Å². The minimum Gasteiger partial charge on any atom is -0.352 e. The van der Waals surface area contributed by atoms with E-state index in [0.29, 0.717) is 17.4 Å². The van der Waals surface area contributed by atoms with Gasteiger partial charge < -0.3 is 5.32 Å². The fourth-order valence-electron chi connectivity index (χ4n) is 3.18. The smallest absolute Gasteiger partial charge is 0.255 e. The topological polar surface area (TPSA) is 46.4 Å². The third kappa shape index (κ3) is 3.12. The Balaban J connectivity index is 1.66. The largest absolute Gasteiger partial charge is 0.352 e. The summed E-state index contributed by atoms with van der Waals surface area (Å²) in [5.41, 5.74) is 1.51. The second-order valence-electron chi connectivity index (χ2n) is 5.76. The molecule has 1 N–H and O–H groups in total. The number of nitrogens with one attached hydrogen (secondary N) is 1. The molecule has 0 spiro atoms. The number of aromatic nitrogens is 2. The van der Waals surface area contributed by atoms with Gasteiger partial charge in [0.15, 0.2) is 0 Å². The summed E-state index contributed by atoms with van der Waals surface area (Å²) in [5.74, 6) is 1.25. The minimum absolute atomic E-state index is 0.0184. The Hall–Kier alpha value is -1.36. The van der Waals surface area contributed by atoms with E-state index in [1.54, 1.807) is 10.7 Å². The molecular weight excluding hydrogens is 330 g/mol. The van der Waals surface area contributed by atoms with E-state index in [1.807, 2.05) is 24.4 Å². The fourth-order valence-corrected chi connectivity index (χ4v) is 4.04. The summed E-state index contributed by atoms with van der Waals surface area (Å²) in [7, 11) is 0. The number of amides is 1. The van der Waals surface area contributed by atoms with Crippen molar-refractivity contribution in [2.45, 2.75) is 25.7 Å². The Morgan fingerprint density at radius 1 is 1.33 bits per heavy atom. The second-order valence-corrected chi connectivity index (χ2v) is 6.41. The highest BCUT2D eigenvalue weighted by atomic mass is 79.9. The van der Waals surface area contributed by atoms with E-state index in [-0.39, 0.29) is 5.91 Å². The van der Waals surface area contributed by atoms with Crippen LogP contribution in [0.1, 0.15) is 36.0 Å². The van der Waals surface area contributed by atoms with Gasteiger partial charge in [-0.25, -0.2) is 4.52 Å². The third-order valence-corrected chi connectivity index (χ3v) is 5.29. The normalized spacial score (nSPS) is 22.3. The summed E-state index contributed by atoms with van der Waals surface area (Å²) in [6, 6.07) is 5.75. The number of alkyl halides is 1. The maximum atomic E-state index is 12.4. The van der Waals surface area contributed by atoms with E-state index in [1.165, 1.54) is 25.7 Å². The van der Waals surface area contributed by atoms with Crippen LogP contribution in [0.25, 0.3) is 5.52 Å². The number of nitrogens with zero attached hydrogens (tertiary/aromatic N) is 2. The molecule has 1 amide bonds. The van der Waals surface area contributed by atoms with Crippen LogP contribution in [0.2, 0.25) is 0 Å². The molecule has 4 nitrogen and oxygen atoms in total. The van der Waals surface area contributed by atoms with Crippen molar-refractivity contribution in [2.75, 3.05) is 11.9 Å². The molecule has 112 valence electrons. The molecule has 0 radical (unpaired) electrons. The standard InChI is InChI=1S/C16H20BrN3O/c17-9-12-5-1-2-6-13(12)10-18-16(21)14-11-19-20-8-4-3-7-15(14)20/h3-4,7-8,11-13H,1-2,5-6,9-10H2,(H,18,21). The molecule has 0 aliphatic heterocycles. The van der Waals surface area contributed by atoms with Gasteiger partial charge in [-0.2, -0.15) is 5.10 Å². The lowest BCUT2D eigenvalue weighted by Crippen LogP contribution is -2.34. The first-order chi connectivity index (χ1) is 10.3. The fraction of sp³-hybridized carbons (Fsp3) is 0.500. The number of rotatable bonds is 4. The Bertz CT molecular complexity index is 625. The highest BCUT2D eigenvalue weighted by Gasteiger charge is 2.25. The molecule has 2 atom stereocenters. The van der Waals surface area contributed by atoms with Gasteiger partial charge in [0.2, 0.25) is 0 Å². The monoisotopic (exact) mass is 349 g/mol. The average molecular weight is 350 g/mol. The summed E-state index contributed by atoms with van der Waals surface area (Å²) in [6.07, 6.45) is 8.57. The van der Waals surface area contributed by atoms with Crippen molar-refractivity contribution in [1.82, 2.24) is 14.9 Å². The van der Waals surface area contributed by atoms with E-state index in [4.69, 9.17) is 0 Å². The zero-order chi connectivity index (χ0) is 14.7. The first-order valence-electron chi connectivity index (χ1n) is 7.56. The molecule has 0 saturated heterocycles. The number of carbonyl (C=O) groups excluding carboxylic acids is 1. The van der Waals surface area contributed by atoms with Crippen LogP contribution in [0.15, 0.2) is 30.6 Å². The van der Waals surface area contributed by atoms with Gasteiger partial charge in [0.25, 0.3) is 5.91 Å². The Labute approximate surface area is 133 Å². The van der Waals surface area contributed by atoms with Crippen molar-refractivity contribution in [3.8, 4) is 0 Å². The van der Waals surface area contributed by atoms with Crippen molar-refractivity contribution in [1.29, 1.82) is 0 Å². The van der Waals surface area contributed by atoms with Gasteiger partial charge in [0.05, 0.1) is 17.3 Å². The van der Waals surface area contributed by atoms with Gasteiger partial charge in [-0.1, -0.05) is 34.8 Å². The Kier molecular flexibility index (Phi) is 4.58. The average Bonchev–Trinajstić information content (AvgIpc) is 2.97. The summed E-state index contributed by atoms with van der Waals surface area (Å²) in [4.78, 5) is 12.4. The van der Waals surface area contributed by atoms with Gasteiger partial charge in [0.1, 0.15) is 0 Å². The summed E-state index contributed by atoms with van der Waals surface area (Å²) >= 11 is 3.60. The first kappa shape index (κ1) is 14.6. The van der Waals surface area contributed by atoms with Gasteiger partial charge in [-0.15, -0.1) is 0 Å². The first-order valence-corrected chi connectivity index (χ1v) is 8.68. The Morgan fingerprint density at radius 2 is 2.14 bits per heavy atom. The van der Waals surface area contributed by atoms with Crippen LogP contribution in [0.3, 0.4) is 0 Å². The van der Waals surface area contributed by atoms with E-state index in [0.717, 1.165) is 17.4 Å². The summed E-state index contributed by atoms with van der Waals surface area (Å²) in [5, 5.41) is 8.34. The van der Waals surface area contributed by atoms with E-state index in [9.17, 15) is 4.79 Å². The molecule has 1 saturated carbocycles. The molecule has 0 bridgehead atoms. The van der Waals surface area contributed by atoms with E-state index in [2.05, 4.69) is 26.3 Å². The summed E-state index contributed by atoms with van der Waals surface area (Å²) < 4.78 is 1.73. The molecule has 5 heteroatoms. The zero-order valence-corrected chi connectivity index (χ0v) is 13.6. The second kappa shape index (κ2) is 6.60. The predicted octanol–water partition coefficient (Wildman–Crippen LogP) is 3.27. The third-order valence-electron chi connectivity index (χ3n) is 4.46. The van der Waals surface area contributed by atoms with Crippen LogP contribution >= 0.6 is 15.9 Å². The number of hydrogen-bond donors (Lipinski definition) is 1. The van der Waals surface area contributed by atoms with Crippen molar-refractivity contribution in [3.63, 3.8) is 0 Å². The Morgan fingerprint density at radius 3 is 2.95 bits per heavy atom. The molecule has 1 aliphatic rings. The van der Waals surface area contributed by atoms with Gasteiger partial charge in [-0.05, 0) is 36.8 Å². The van der Waals surface area contributed by atoms with Crippen molar-refractivity contribution >= 4 is 27.4 Å². The number of carbonyl (C=O) groups is 1. The predicted molar refractivity (Wildman–Crippen MR) is 86.8 cm³/mol. The van der Waals surface area contributed by atoms with Crippen LogP contribution in [0.4, 0.5) is 0 Å². The number of hydrogen-bond acceptors (Lipinski definition) is 2. The number of fused-ring (bicyclic) bond motifs is 1. The number of halogens is 1. The van der Waals surface area contributed by atoms with Gasteiger partial charge in [0, 0.05) is 18.1 Å². The van der Waals surface area contributed by atoms with Gasteiger partial charge in [-0.3, -0.25) is 4.79 Å². The van der Waals surface area contributed by atoms with E-state index >= 15 is 0 Å². The van der Waals surface area contributed by atoms with Crippen molar-refractivity contribution in [3.05, 3.63) is 36.2 Å². The highest BCUT2D eigenvalue weighted by Crippen LogP contribution is 2.30. The molecule has 2 heterocycles. The molecule has 1 fully saturated rings. The van der Waals surface area contributed by atoms with Gasteiger partial charge >= 0.3 is 0 Å². The lowest BCUT2D eigenvalue weighted by atomic mass is 9.80. The maximum Gasteiger partial charge on any atom is 0.255 e. The number of pyridine rings is 1. The van der Waals surface area contributed by atoms with Crippen LogP contribution in [0, 0.1) is 11.8 Å². The molecule has 3 rings (SSSR count). The van der Waals surface area contributed by atoms with Crippen molar-refractivity contribution < 1.29 is 4.79 Å². The lowest BCUT2D eigenvalue weighted by Gasteiger charge is -2.30. The van der Waals surface area contributed by atoms with Crippen LogP contribution < -0.4 is 5.32 Å². The zero-order valence-electron chi connectivity index (χ0n) is 12.0. The molecular formula is C16H20BrN3O. The highest BCUT2D eigenvalue weighted by molar-refractivity contribution is 9.09. The quantitative estimate of drug-likeness (QED) is 0.861.